The number of hydrogen-bond acceptors (Lipinski definition) is 2. The highest BCUT2D eigenvalue weighted by Gasteiger charge is 2.24. The van der Waals surface area contributed by atoms with Crippen LogP contribution in [0.2, 0.25) is 0 Å². The number of rotatable bonds is 1. The molecule has 3 N–H and O–H groups in total. The van der Waals surface area contributed by atoms with E-state index in [1.165, 1.54) is 0 Å². The van der Waals surface area contributed by atoms with Crippen molar-refractivity contribution >= 4 is 5.97 Å². The van der Waals surface area contributed by atoms with Crippen molar-refractivity contribution in [3.63, 3.8) is 0 Å². The molecule has 3 nitrogen and oxygen atoms in total. The summed E-state index contributed by atoms with van der Waals surface area (Å²) in [4.78, 5) is 10.4. The second-order valence-corrected chi connectivity index (χ2v) is 2.75. The van der Waals surface area contributed by atoms with Crippen LogP contribution in [0.1, 0.15) is 13.3 Å². The first-order chi connectivity index (χ1) is 4.61. The van der Waals surface area contributed by atoms with Gasteiger partial charge in [-0.3, -0.25) is 0 Å². The van der Waals surface area contributed by atoms with Crippen molar-refractivity contribution < 1.29 is 9.90 Å². The van der Waals surface area contributed by atoms with E-state index in [9.17, 15) is 4.79 Å². The fraction of sp³-hybridized carbons (Fsp3) is 0.571. The number of hydrogen-bond donors (Lipinski definition) is 2. The Morgan fingerprint density at radius 3 is 2.70 bits per heavy atom. The zero-order chi connectivity index (χ0) is 7.72. The largest absolute Gasteiger partial charge is 0.478 e. The Morgan fingerprint density at radius 1 is 1.90 bits per heavy atom. The average molecular weight is 141 g/mol. The fourth-order valence-corrected chi connectivity index (χ4v) is 1.26. The molecule has 0 bridgehead atoms. The summed E-state index contributed by atoms with van der Waals surface area (Å²) in [7, 11) is 0. The minimum Gasteiger partial charge on any atom is -0.478 e. The first-order valence-electron chi connectivity index (χ1n) is 3.32. The van der Waals surface area contributed by atoms with Crippen LogP contribution in [0.15, 0.2) is 11.6 Å². The Labute approximate surface area is 59.5 Å². The molecule has 0 aromatic rings. The number of carboxylic acids is 1. The molecule has 1 aliphatic rings. The topological polar surface area (TPSA) is 63.3 Å². The summed E-state index contributed by atoms with van der Waals surface area (Å²) in [6.07, 6.45) is 2.49. The minimum absolute atomic E-state index is 0.257. The molecule has 0 aromatic carbocycles. The Morgan fingerprint density at radius 2 is 2.50 bits per heavy atom. The van der Waals surface area contributed by atoms with Crippen molar-refractivity contribution in [3.8, 4) is 0 Å². The summed E-state index contributed by atoms with van der Waals surface area (Å²) >= 11 is 0. The SMILES string of the molecule is C[C@@H]1C=C(C(=O)O)[C@@H](N)C1. The van der Waals surface area contributed by atoms with Gasteiger partial charge in [0.25, 0.3) is 0 Å². The van der Waals surface area contributed by atoms with Crippen LogP contribution in [0, 0.1) is 5.92 Å². The second kappa shape index (κ2) is 2.42. The molecule has 1 aliphatic carbocycles. The lowest BCUT2D eigenvalue weighted by Gasteiger charge is -2.03. The van der Waals surface area contributed by atoms with E-state index < -0.39 is 5.97 Å². The summed E-state index contributed by atoms with van der Waals surface area (Å²) in [5, 5.41) is 8.55. The van der Waals surface area contributed by atoms with E-state index in [0.29, 0.717) is 11.5 Å². The van der Waals surface area contributed by atoms with Crippen LogP contribution in [-0.2, 0) is 4.79 Å². The number of carbonyl (C=O) groups is 1. The highest BCUT2D eigenvalue weighted by atomic mass is 16.4. The number of carboxylic acid groups (broad SMARTS) is 1. The maximum absolute atomic E-state index is 10.4. The van der Waals surface area contributed by atoms with Gasteiger partial charge in [-0.05, 0) is 12.3 Å². The first kappa shape index (κ1) is 7.28. The number of nitrogens with two attached hydrogens (primary N) is 1. The van der Waals surface area contributed by atoms with Crippen LogP contribution in [0.3, 0.4) is 0 Å². The molecular formula is C7H11NO2. The van der Waals surface area contributed by atoms with Crippen LogP contribution in [0.4, 0.5) is 0 Å². The quantitative estimate of drug-likeness (QED) is 0.554. The molecular weight excluding hydrogens is 130 g/mol. The molecule has 0 spiro atoms. The van der Waals surface area contributed by atoms with E-state index in [2.05, 4.69) is 0 Å². The highest BCUT2D eigenvalue weighted by molar-refractivity contribution is 5.88. The maximum atomic E-state index is 10.4. The molecule has 0 saturated heterocycles. The summed E-state index contributed by atoms with van der Waals surface area (Å²) in [6, 6.07) is -0.257. The third-order valence-corrected chi connectivity index (χ3v) is 1.74. The monoisotopic (exact) mass is 141 g/mol. The third kappa shape index (κ3) is 1.19. The first-order valence-corrected chi connectivity index (χ1v) is 3.32. The van der Waals surface area contributed by atoms with Crippen molar-refractivity contribution in [1.82, 2.24) is 0 Å². The fourth-order valence-electron chi connectivity index (χ4n) is 1.26. The van der Waals surface area contributed by atoms with Gasteiger partial charge < -0.3 is 10.8 Å². The number of allylic oxidation sites excluding steroid dienone is 1. The van der Waals surface area contributed by atoms with Crippen molar-refractivity contribution in [2.75, 3.05) is 0 Å². The van der Waals surface area contributed by atoms with Gasteiger partial charge in [0.15, 0.2) is 0 Å². The molecule has 0 saturated carbocycles. The van der Waals surface area contributed by atoms with Gasteiger partial charge in [-0.1, -0.05) is 13.0 Å². The van der Waals surface area contributed by atoms with Gasteiger partial charge in [0.05, 0.1) is 0 Å². The molecule has 56 valence electrons. The van der Waals surface area contributed by atoms with E-state index in [1.807, 2.05) is 6.92 Å². The smallest absolute Gasteiger partial charge is 0.332 e. The van der Waals surface area contributed by atoms with Gasteiger partial charge in [0, 0.05) is 11.6 Å². The summed E-state index contributed by atoms with van der Waals surface area (Å²) in [5.41, 5.74) is 5.89. The van der Waals surface area contributed by atoms with Crippen LogP contribution < -0.4 is 5.73 Å². The van der Waals surface area contributed by atoms with E-state index >= 15 is 0 Å². The lowest BCUT2D eigenvalue weighted by molar-refractivity contribution is -0.132. The standard InChI is InChI=1S/C7H11NO2/c1-4-2-5(7(9)10)6(8)3-4/h2,4,6H,3,8H2,1H3,(H,9,10)/t4-,6+/m1/s1. The summed E-state index contributed by atoms with van der Waals surface area (Å²) in [6.45, 7) is 1.97. The molecule has 2 atom stereocenters. The molecule has 0 heterocycles. The molecule has 0 unspecified atom stereocenters. The maximum Gasteiger partial charge on any atom is 0.332 e. The van der Waals surface area contributed by atoms with Crippen LogP contribution >= 0.6 is 0 Å². The normalized spacial score (nSPS) is 32.0. The van der Waals surface area contributed by atoms with Gasteiger partial charge in [-0.25, -0.2) is 4.79 Å². The summed E-state index contributed by atoms with van der Waals surface area (Å²) < 4.78 is 0. The Balaban J connectivity index is 2.75. The van der Waals surface area contributed by atoms with E-state index in [0.717, 1.165) is 6.42 Å². The molecule has 3 heteroatoms. The zero-order valence-corrected chi connectivity index (χ0v) is 5.87. The van der Waals surface area contributed by atoms with Gasteiger partial charge in [-0.2, -0.15) is 0 Å². The number of aliphatic carboxylic acids is 1. The molecule has 0 aromatic heterocycles. The van der Waals surface area contributed by atoms with Crippen molar-refractivity contribution in [2.45, 2.75) is 19.4 Å². The van der Waals surface area contributed by atoms with E-state index in [4.69, 9.17) is 10.8 Å². The molecule has 0 fully saturated rings. The van der Waals surface area contributed by atoms with E-state index in [-0.39, 0.29) is 6.04 Å². The third-order valence-electron chi connectivity index (χ3n) is 1.74. The average Bonchev–Trinajstić information content (AvgIpc) is 2.10. The molecule has 1 rings (SSSR count). The van der Waals surface area contributed by atoms with Crippen molar-refractivity contribution in [1.29, 1.82) is 0 Å². The molecule has 10 heavy (non-hydrogen) atoms. The summed E-state index contributed by atoms with van der Waals surface area (Å²) in [5.74, 6) is -0.557. The van der Waals surface area contributed by atoms with Gasteiger partial charge in [-0.15, -0.1) is 0 Å². The lowest BCUT2D eigenvalue weighted by atomic mass is 10.1. The minimum atomic E-state index is -0.878. The zero-order valence-electron chi connectivity index (χ0n) is 5.87. The van der Waals surface area contributed by atoms with Crippen LogP contribution in [-0.4, -0.2) is 17.1 Å². The predicted molar refractivity (Wildman–Crippen MR) is 37.5 cm³/mol. The second-order valence-electron chi connectivity index (χ2n) is 2.75. The molecule has 0 radical (unpaired) electrons. The Hall–Kier alpha value is -0.830. The Kier molecular flexibility index (Phi) is 1.76. The predicted octanol–water partition coefficient (Wildman–Crippen LogP) is 0.365. The van der Waals surface area contributed by atoms with E-state index in [1.54, 1.807) is 6.08 Å². The van der Waals surface area contributed by atoms with Crippen molar-refractivity contribution in [2.24, 2.45) is 11.7 Å². The lowest BCUT2D eigenvalue weighted by Crippen LogP contribution is -2.23. The van der Waals surface area contributed by atoms with Crippen LogP contribution in [0.5, 0.6) is 0 Å². The van der Waals surface area contributed by atoms with Gasteiger partial charge in [0.1, 0.15) is 0 Å². The Bertz CT molecular complexity index is 186. The van der Waals surface area contributed by atoms with Crippen molar-refractivity contribution in [3.05, 3.63) is 11.6 Å². The van der Waals surface area contributed by atoms with Gasteiger partial charge in [0.2, 0.25) is 0 Å². The molecule has 0 amide bonds. The highest BCUT2D eigenvalue weighted by Crippen LogP contribution is 2.22. The van der Waals surface area contributed by atoms with Crippen LogP contribution in [0.25, 0.3) is 0 Å². The molecule has 0 aliphatic heterocycles. The van der Waals surface area contributed by atoms with Gasteiger partial charge >= 0.3 is 5.97 Å².